The monoisotopic (exact) mass is 276 g/mol. The van der Waals surface area contributed by atoms with Gasteiger partial charge in [0.2, 0.25) is 0 Å². The van der Waals surface area contributed by atoms with Crippen molar-refractivity contribution in [3.05, 3.63) is 64.2 Å². The topological polar surface area (TPSA) is 26.3 Å². The standard InChI is InChI=1S/C16H14F2O2/c1-10-3-4-11(2)13(5-10)9-20-16-14(17)6-12(8-19)7-15(16)18/h3-8H,9H2,1-2H3. The number of rotatable bonds is 4. The van der Waals surface area contributed by atoms with Crippen molar-refractivity contribution in [3.63, 3.8) is 0 Å². The lowest BCUT2D eigenvalue weighted by Crippen LogP contribution is -2.02. The molecule has 0 amide bonds. The zero-order chi connectivity index (χ0) is 14.7. The second-order valence-corrected chi connectivity index (χ2v) is 4.65. The highest BCUT2D eigenvalue weighted by Gasteiger charge is 2.13. The Balaban J connectivity index is 2.23. The first-order valence-electron chi connectivity index (χ1n) is 6.14. The number of carbonyl (C=O) groups excluding carboxylic acids is 1. The van der Waals surface area contributed by atoms with Crippen LogP contribution in [-0.4, -0.2) is 6.29 Å². The van der Waals surface area contributed by atoms with E-state index in [-0.39, 0.29) is 12.2 Å². The normalized spacial score (nSPS) is 10.4. The summed E-state index contributed by atoms with van der Waals surface area (Å²) in [4.78, 5) is 10.5. The van der Waals surface area contributed by atoms with Gasteiger partial charge in [-0.1, -0.05) is 23.8 Å². The first kappa shape index (κ1) is 14.2. The maximum atomic E-state index is 13.7. The van der Waals surface area contributed by atoms with E-state index in [4.69, 9.17) is 4.74 Å². The number of halogens is 2. The Morgan fingerprint density at radius 2 is 1.75 bits per heavy atom. The first-order valence-corrected chi connectivity index (χ1v) is 6.14. The van der Waals surface area contributed by atoms with Crippen LogP contribution >= 0.6 is 0 Å². The smallest absolute Gasteiger partial charge is 0.191 e. The SMILES string of the molecule is Cc1ccc(C)c(COc2c(F)cc(C=O)cc2F)c1. The third kappa shape index (κ3) is 3.02. The number of benzene rings is 2. The fourth-order valence-corrected chi connectivity index (χ4v) is 1.89. The summed E-state index contributed by atoms with van der Waals surface area (Å²) in [6, 6.07) is 7.70. The Labute approximate surface area is 116 Å². The molecule has 0 aliphatic rings. The van der Waals surface area contributed by atoms with Gasteiger partial charge >= 0.3 is 0 Å². The molecule has 0 aliphatic heterocycles. The highest BCUT2D eigenvalue weighted by atomic mass is 19.1. The van der Waals surface area contributed by atoms with Gasteiger partial charge in [0.1, 0.15) is 12.9 Å². The van der Waals surface area contributed by atoms with Crippen molar-refractivity contribution in [3.8, 4) is 5.75 Å². The minimum absolute atomic E-state index is 0.0564. The molecule has 0 saturated heterocycles. The molecule has 2 aromatic carbocycles. The van der Waals surface area contributed by atoms with Crippen LogP contribution in [0.3, 0.4) is 0 Å². The van der Waals surface area contributed by atoms with Crippen molar-refractivity contribution in [2.75, 3.05) is 0 Å². The highest BCUT2D eigenvalue weighted by Crippen LogP contribution is 2.24. The number of carbonyl (C=O) groups is 1. The van der Waals surface area contributed by atoms with Crippen molar-refractivity contribution in [2.24, 2.45) is 0 Å². The van der Waals surface area contributed by atoms with Crippen LogP contribution in [0.25, 0.3) is 0 Å². The van der Waals surface area contributed by atoms with Gasteiger partial charge in [-0.2, -0.15) is 0 Å². The first-order chi connectivity index (χ1) is 9.51. The summed E-state index contributed by atoms with van der Waals surface area (Å²) in [7, 11) is 0. The second kappa shape index (κ2) is 5.82. The quantitative estimate of drug-likeness (QED) is 0.790. The third-order valence-corrected chi connectivity index (χ3v) is 3.03. The Bertz CT molecular complexity index is 628. The average Bonchev–Trinajstić information content (AvgIpc) is 2.41. The van der Waals surface area contributed by atoms with E-state index < -0.39 is 17.4 Å². The molecule has 2 aromatic rings. The largest absolute Gasteiger partial charge is 0.483 e. The molecule has 0 bridgehead atoms. The Morgan fingerprint density at radius 1 is 1.10 bits per heavy atom. The molecule has 2 rings (SSSR count). The van der Waals surface area contributed by atoms with Crippen LogP contribution in [0.5, 0.6) is 5.75 Å². The summed E-state index contributed by atoms with van der Waals surface area (Å²) in [5, 5.41) is 0. The molecule has 0 spiro atoms. The molecular weight excluding hydrogens is 262 g/mol. The summed E-state index contributed by atoms with van der Waals surface area (Å²) in [6.07, 6.45) is 0.390. The molecule has 0 heterocycles. The van der Waals surface area contributed by atoms with E-state index in [1.54, 1.807) is 0 Å². The molecule has 20 heavy (non-hydrogen) atoms. The second-order valence-electron chi connectivity index (χ2n) is 4.65. The molecule has 0 N–H and O–H groups in total. The lowest BCUT2D eigenvalue weighted by molar-refractivity contribution is 0.112. The van der Waals surface area contributed by atoms with Gasteiger partial charge < -0.3 is 4.74 Å². The van der Waals surface area contributed by atoms with Crippen LogP contribution in [0.15, 0.2) is 30.3 Å². The van der Waals surface area contributed by atoms with Gasteiger partial charge in [-0.3, -0.25) is 4.79 Å². The summed E-state index contributed by atoms with van der Waals surface area (Å²) in [5.41, 5.74) is 2.84. The number of aldehydes is 1. The van der Waals surface area contributed by atoms with Crippen LogP contribution in [0.2, 0.25) is 0 Å². The molecule has 0 radical (unpaired) electrons. The number of aryl methyl sites for hydroxylation is 2. The summed E-state index contributed by atoms with van der Waals surface area (Å²) in [5.74, 6) is -2.22. The van der Waals surface area contributed by atoms with E-state index in [0.29, 0.717) is 6.29 Å². The minimum atomic E-state index is -0.877. The fourth-order valence-electron chi connectivity index (χ4n) is 1.89. The predicted molar refractivity (Wildman–Crippen MR) is 72.0 cm³/mol. The molecule has 4 heteroatoms. The molecule has 0 fully saturated rings. The van der Waals surface area contributed by atoms with Crippen molar-refractivity contribution in [1.29, 1.82) is 0 Å². The van der Waals surface area contributed by atoms with E-state index >= 15 is 0 Å². The minimum Gasteiger partial charge on any atom is -0.483 e. The lowest BCUT2D eigenvalue weighted by Gasteiger charge is -2.11. The van der Waals surface area contributed by atoms with Gasteiger partial charge in [-0.15, -0.1) is 0 Å². The molecule has 0 saturated carbocycles. The number of ether oxygens (including phenoxy) is 1. The maximum absolute atomic E-state index is 13.7. The molecule has 0 aliphatic carbocycles. The number of hydrogen-bond donors (Lipinski definition) is 0. The van der Waals surface area contributed by atoms with E-state index in [1.807, 2.05) is 32.0 Å². The van der Waals surface area contributed by atoms with Crippen molar-refractivity contribution in [2.45, 2.75) is 20.5 Å². The lowest BCUT2D eigenvalue weighted by atomic mass is 10.1. The van der Waals surface area contributed by atoms with Crippen LogP contribution in [0, 0.1) is 25.5 Å². The van der Waals surface area contributed by atoms with Gasteiger partial charge in [0.05, 0.1) is 0 Å². The maximum Gasteiger partial charge on any atom is 0.191 e. The van der Waals surface area contributed by atoms with E-state index in [9.17, 15) is 13.6 Å². The fraction of sp³-hybridized carbons (Fsp3) is 0.188. The Hall–Kier alpha value is -2.23. The summed E-state index contributed by atoms with van der Waals surface area (Å²) < 4.78 is 32.5. The van der Waals surface area contributed by atoms with Crippen LogP contribution < -0.4 is 4.74 Å². The van der Waals surface area contributed by atoms with E-state index in [0.717, 1.165) is 28.8 Å². The molecule has 0 aromatic heterocycles. The highest BCUT2D eigenvalue weighted by molar-refractivity contribution is 5.75. The predicted octanol–water partition coefficient (Wildman–Crippen LogP) is 3.97. The molecule has 2 nitrogen and oxygen atoms in total. The Kier molecular flexibility index (Phi) is 4.13. The average molecular weight is 276 g/mol. The van der Waals surface area contributed by atoms with E-state index in [1.165, 1.54) is 0 Å². The van der Waals surface area contributed by atoms with Crippen LogP contribution in [0.4, 0.5) is 8.78 Å². The van der Waals surface area contributed by atoms with Gasteiger partial charge in [-0.25, -0.2) is 8.78 Å². The van der Waals surface area contributed by atoms with Gasteiger partial charge in [0.15, 0.2) is 17.4 Å². The molecule has 0 unspecified atom stereocenters. The van der Waals surface area contributed by atoms with Crippen LogP contribution in [0.1, 0.15) is 27.0 Å². The van der Waals surface area contributed by atoms with Gasteiger partial charge in [0, 0.05) is 5.56 Å². The third-order valence-electron chi connectivity index (χ3n) is 3.03. The van der Waals surface area contributed by atoms with Crippen molar-refractivity contribution >= 4 is 6.29 Å². The zero-order valence-corrected chi connectivity index (χ0v) is 11.2. The van der Waals surface area contributed by atoms with E-state index in [2.05, 4.69) is 0 Å². The van der Waals surface area contributed by atoms with Crippen molar-refractivity contribution < 1.29 is 18.3 Å². The molecule has 0 atom stereocenters. The van der Waals surface area contributed by atoms with Gasteiger partial charge in [0.25, 0.3) is 0 Å². The Morgan fingerprint density at radius 3 is 2.35 bits per heavy atom. The summed E-state index contributed by atoms with van der Waals surface area (Å²) in [6.45, 7) is 3.91. The van der Waals surface area contributed by atoms with Crippen LogP contribution in [-0.2, 0) is 6.61 Å². The summed E-state index contributed by atoms with van der Waals surface area (Å²) >= 11 is 0. The molecular formula is C16H14F2O2. The molecule has 104 valence electrons. The van der Waals surface area contributed by atoms with Crippen molar-refractivity contribution in [1.82, 2.24) is 0 Å². The van der Waals surface area contributed by atoms with Gasteiger partial charge in [-0.05, 0) is 37.1 Å². The zero-order valence-electron chi connectivity index (χ0n) is 11.2. The number of hydrogen-bond acceptors (Lipinski definition) is 2.